The van der Waals surface area contributed by atoms with Gasteiger partial charge in [0.05, 0.1) is 12.8 Å². The Morgan fingerprint density at radius 2 is 2.35 bits per heavy atom. The molecule has 0 radical (unpaired) electrons. The zero-order valence-electron chi connectivity index (χ0n) is 15.1. The van der Waals surface area contributed by atoms with Gasteiger partial charge in [0.25, 0.3) is 0 Å². The number of rotatable bonds is 7. The van der Waals surface area contributed by atoms with Crippen LogP contribution in [-0.4, -0.2) is 42.4 Å². The van der Waals surface area contributed by atoms with Crippen molar-refractivity contribution in [1.82, 2.24) is 15.5 Å². The number of hydrogen-bond donors (Lipinski definition) is 2. The second kappa shape index (κ2) is 9.43. The van der Waals surface area contributed by atoms with E-state index in [0.717, 1.165) is 44.2 Å². The fraction of sp³-hybridized carbons (Fsp3) is 0.474. The molecule has 1 aliphatic heterocycles. The maximum Gasteiger partial charge on any atom is 0.222 e. The molecule has 1 saturated heterocycles. The summed E-state index contributed by atoms with van der Waals surface area (Å²) in [6.07, 6.45) is 4.01. The first-order chi connectivity index (χ1) is 12.7. The molecule has 0 saturated carbocycles. The molecule has 1 fully saturated rings. The molecule has 0 spiro atoms. The number of amides is 1. The summed E-state index contributed by atoms with van der Waals surface area (Å²) in [5.41, 5.74) is 0. The van der Waals surface area contributed by atoms with Crippen molar-refractivity contribution in [3.05, 3.63) is 46.5 Å². The van der Waals surface area contributed by atoms with Crippen LogP contribution in [0.25, 0.3) is 0 Å². The van der Waals surface area contributed by atoms with Crippen LogP contribution in [0.3, 0.4) is 0 Å². The van der Waals surface area contributed by atoms with Crippen molar-refractivity contribution in [3.63, 3.8) is 0 Å². The van der Waals surface area contributed by atoms with Crippen molar-refractivity contribution in [2.45, 2.75) is 38.8 Å². The summed E-state index contributed by atoms with van der Waals surface area (Å²) in [6, 6.07) is 8.24. The number of guanidine groups is 1. The van der Waals surface area contributed by atoms with Crippen LogP contribution in [0, 0.1) is 0 Å². The molecule has 1 aliphatic rings. The van der Waals surface area contributed by atoms with Gasteiger partial charge in [-0.2, -0.15) is 0 Å². The largest absolute Gasteiger partial charge is 0.469 e. The van der Waals surface area contributed by atoms with Gasteiger partial charge >= 0.3 is 0 Å². The number of aliphatic imine (C=N–C) groups is 1. The lowest BCUT2D eigenvalue weighted by Gasteiger charge is -2.19. The SMILES string of the molecule is CCC(=O)N1CCC(NC(=NCc2cccs2)NCCc2ccco2)C1. The molecule has 0 aromatic carbocycles. The topological polar surface area (TPSA) is 69.9 Å². The average molecular weight is 375 g/mol. The second-order valence-corrected chi connectivity index (χ2v) is 7.36. The van der Waals surface area contributed by atoms with Crippen molar-refractivity contribution in [3.8, 4) is 0 Å². The summed E-state index contributed by atoms with van der Waals surface area (Å²) in [5, 5.41) is 8.93. The molecule has 26 heavy (non-hydrogen) atoms. The Balaban J connectivity index is 1.55. The summed E-state index contributed by atoms with van der Waals surface area (Å²) in [7, 11) is 0. The highest BCUT2D eigenvalue weighted by atomic mass is 32.1. The Morgan fingerprint density at radius 1 is 1.42 bits per heavy atom. The third-order valence-electron chi connectivity index (χ3n) is 4.40. The first kappa shape index (κ1) is 18.5. The fourth-order valence-electron chi connectivity index (χ4n) is 2.99. The Morgan fingerprint density at radius 3 is 3.08 bits per heavy atom. The third-order valence-corrected chi connectivity index (χ3v) is 5.26. The molecule has 0 aliphatic carbocycles. The normalized spacial score (nSPS) is 17.5. The van der Waals surface area contributed by atoms with Crippen LogP contribution in [0.15, 0.2) is 45.3 Å². The maximum absolute atomic E-state index is 11.9. The minimum Gasteiger partial charge on any atom is -0.469 e. The zero-order valence-corrected chi connectivity index (χ0v) is 15.9. The van der Waals surface area contributed by atoms with Crippen molar-refractivity contribution >= 4 is 23.2 Å². The van der Waals surface area contributed by atoms with Gasteiger partial charge in [0.15, 0.2) is 5.96 Å². The van der Waals surface area contributed by atoms with Crippen LogP contribution in [0.1, 0.15) is 30.4 Å². The van der Waals surface area contributed by atoms with E-state index in [1.54, 1.807) is 17.6 Å². The molecule has 6 nitrogen and oxygen atoms in total. The van der Waals surface area contributed by atoms with Crippen LogP contribution in [-0.2, 0) is 17.8 Å². The monoisotopic (exact) mass is 374 g/mol. The van der Waals surface area contributed by atoms with E-state index in [2.05, 4.69) is 22.1 Å². The molecule has 0 bridgehead atoms. The van der Waals surface area contributed by atoms with Crippen LogP contribution in [0.2, 0.25) is 0 Å². The van der Waals surface area contributed by atoms with Gasteiger partial charge in [0, 0.05) is 43.4 Å². The highest BCUT2D eigenvalue weighted by Crippen LogP contribution is 2.12. The summed E-state index contributed by atoms with van der Waals surface area (Å²) in [4.78, 5) is 19.7. The quantitative estimate of drug-likeness (QED) is 0.577. The minimum atomic E-state index is 0.220. The van der Waals surface area contributed by atoms with E-state index in [-0.39, 0.29) is 11.9 Å². The molecule has 1 unspecified atom stereocenters. The summed E-state index contributed by atoms with van der Waals surface area (Å²) < 4.78 is 5.38. The van der Waals surface area contributed by atoms with E-state index in [4.69, 9.17) is 9.41 Å². The molecule has 3 rings (SSSR count). The van der Waals surface area contributed by atoms with Gasteiger partial charge in [-0.3, -0.25) is 4.79 Å². The molecule has 2 N–H and O–H groups in total. The van der Waals surface area contributed by atoms with Crippen LogP contribution in [0.5, 0.6) is 0 Å². The van der Waals surface area contributed by atoms with Crippen molar-refractivity contribution in [1.29, 1.82) is 0 Å². The number of carbonyl (C=O) groups is 1. The van der Waals surface area contributed by atoms with Crippen molar-refractivity contribution in [2.75, 3.05) is 19.6 Å². The lowest BCUT2D eigenvalue weighted by atomic mass is 10.3. The Hall–Kier alpha value is -2.28. The number of nitrogens with zero attached hydrogens (tertiary/aromatic N) is 2. The van der Waals surface area contributed by atoms with E-state index in [9.17, 15) is 4.79 Å². The number of carbonyl (C=O) groups excluding carboxylic acids is 1. The number of nitrogens with one attached hydrogen (secondary N) is 2. The first-order valence-corrected chi connectivity index (χ1v) is 10.00. The van der Waals surface area contributed by atoms with E-state index in [1.807, 2.05) is 30.0 Å². The number of thiophene rings is 1. The molecule has 7 heteroatoms. The van der Waals surface area contributed by atoms with Gasteiger partial charge in [-0.15, -0.1) is 11.3 Å². The average Bonchev–Trinajstić information content (AvgIpc) is 3.41. The van der Waals surface area contributed by atoms with E-state index in [0.29, 0.717) is 13.0 Å². The fourth-order valence-corrected chi connectivity index (χ4v) is 3.62. The smallest absolute Gasteiger partial charge is 0.222 e. The number of likely N-dealkylation sites (tertiary alicyclic amines) is 1. The van der Waals surface area contributed by atoms with Crippen LogP contribution < -0.4 is 10.6 Å². The van der Waals surface area contributed by atoms with Crippen LogP contribution in [0.4, 0.5) is 0 Å². The molecule has 2 aromatic heterocycles. The number of furan rings is 1. The standard InChI is InChI=1S/C19H26N4O2S/c1-2-18(24)23-10-8-15(14-23)22-19(21-13-17-6-4-12-26-17)20-9-7-16-5-3-11-25-16/h3-6,11-12,15H,2,7-10,13-14H2,1H3,(H2,20,21,22). The lowest BCUT2D eigenvalue weighted by molar-refractivity contribution is -0.129. The predicted octanol–water partition coefficient (Wildman–Crippen LogP) is 2.63. The van der Waals surface area contributed by atoms with Gasteiger partial charge in [-0.1, -0.05) is 13.0 Å². The molecule has 1 amide bonds. The summed E-state index contributed by atoms with van der Waals surface area (Å²) in [5.74, 6) is 1.97. The number of hydrogen-bond acceptors (Lipinski definition) is 4. The molecular formula is C19H26N4O2S. The third kappa shape index (κ3) is 5.36. The highest BCUT2D eigenvalue weighted by Gasteiger charge is 2.25. The molecule has 1 atom stereocenters. The van der Waals surface area contributed by atoms with E-state index < -0.39 is 0 Å². The van der Waals surface area contributed by atoms with Gasteiger partial charge < -0.3 is 20.0 Å². The zero-order chi connectivity index (χ0) is 18.2. The Kier molecular flexibility index (Phi) is 6.71. The van der Waals surface area contributed by atoms with Gasteiger partial charge in [-0.05, 0) is 30.0 Å². The molecular weight excluding hydrogens is 348 g/mol. The van der Waals surface area contributed by atoms with Gasteiger partial charge in [0.1, 0.15) is 5.76 Å². The molecule has 2 aromatic rings. The van der Waals surface area contributed by atoms with Crippen LogP contribution >= 0.6 is 11.3 Å². The lowest BCUT2D eigenvalue weighted by Crippen LogP contribution is -2.45. The Bertz CT molecular complexity index is 697. The van der Waals surface area contributed by atoms with E-state index in [1.165, 1.54) is 4.88 Å². The second-order valence-electron chi connectivity index (χ2n) is 6.32. The van der Waals surface area contributed by atoms with Crippen molar-refractivity contribution < 1.29 is 9.21 Å². The maximum atomic E-state index is 11.9. The summed E-state index contributed by atoms with van der Waals surface area (Å²) in [6.45, 7) is 4.86. The summed E-state index contributed by atoms with van der Waals surface area (Å²) >= 11 is 1.71. The minimum absolute atomic E-state index is 0.220. The highest BCUT2D eigenvalue weighted by molar-refractivity contribution is 7.09. The predicted molar refractivity (Wildman–Crippen MR) is 104 cm³/mol. The van der Waals surface area contributed by atoms with Gasteiger partial charge in [-0.25, -0.2) is 4.99 Å². The first-order valence-electron chi connectivity index (χ1n) is 9.12. The molecule has 140 valence electrons. The van der Waals surface area contributed by atoms with Crippen molar-refractivity contribution in [2.24, 2.45) is 4.99 Å². The molecule has 3 heterocycles. The van der Waals surface area contributed by atoms with E-state index >= 15 is 0 Å². The Labute approximate surface area is 158 Å². The van der Waals surface area contributed by atoms with Gasteiger partial charge in [0.2, 0.25) is 5.91 Å².